The Morgan fingerprint density at radius 3 is 2.54 bits per heavy atom. The highest BCUT2D eigenvalue weighted by Gasteiger charge is 2.40. The third-order valence-electron chi connectivity index (χ3n) is 4.42. The number of hydrogen-bond donors (Lipinski definition) is 1. The van der Waals surface area contributed by atoms with Crippen molar-refractivity contribution in [3.63, 3.8) is 0 Å². The average molecular weight is 337 g/mol. The Balaban J connectivity index is 1.99. The van der Waals surface area contributed by atoms with Gasteiger partial charge in [-0.2, -0.15) is 0 Å². The molecule has 1 saturated heterocycles. The quantitative estimate of drug-likeness (QED) is 0.835. The first kappa shape index (κ1) is 18.4. The van der Waals surface area contributed by atoms with Gasteiger partial charge in [0.15, 0.2) is 0 Å². The Kier molecular flexibility index (Phi) is 5.90. The highest BCUT2D eigenvalue weighted by atomic mass is 19.1. The molecule has 1 amide bonds. The Morgan fingerprint density at radius 2 is 1.96 bits per heavy atom. The van der Waals surface area contributed by atoms with Crippen molar-refractivity contribution >= 4 is 11.9 Å². The lowest BCUT2D eigenvalue weighted by molar-refractivity contribution is -0.148. The van der Waals surface area contributed by atoms with E-state index in [1.54, 1.807) is 30.1 Å². The highest BCUT2D eigenvalue weighted by Crippen LogP contribution is 2.21. The summed E-state index contributed by atoms with van der Waals surface area (Å²) in [6.45, 7) is 0.746. The van der Waals surface area contributed by atoms with Gasteiger partial charge in [-0.25, -0.2) is 9.18 Å². The number of halogens is 1. The standard InChI is InChI=1S/C17H24FN3O3/c1-19(2)13-8-15(17(23)24)21(10-13)16(22)11-20(3)9-12-6-4-5-7-14(12)18/h4-7,13,15H,8-11H2,1-3H3,(H,23,24)/t13-,15+/m1/s1. The second-order valence-corrected chi connectivity index (χ2v) is 6.52. The SMILES string of the molecule is CN(CC(=O)N1C[C@H](N(C)C)C[C@H]1C(=O)O)Cc1ccccc1F. The summed E-state index contributed by atoms with van der Waals surface area (Å²) in [7, 11) is 5.48. The molecule has 0 aliphatic carbocycles. The Hall–Kier alpha value is -1.99. The van der Waals surface area contributed by atoms with Crippen LogP contribution in [0.2, 0.25) is 0 Å². The number of carboxylic acids is 1. The molecule has 1 aliphatic rings. The third-order valence-corrected chi connectivity index (χ3v) is 4.42. The minimum Gasteiger partial charge on any atom is -0.480 e. The van der Waals surface area contributed by atoms with Gasteiger partial charge in [-0.15, -0.1) is 0 Å². The molecule has 1 aliphatic heterocycles. The van der Waals surface area contributed by atoms with Crippen molar-refractivity contribution in [1.82, 2.24) is 14.7 Å². The smallest absolute Gasteiger partial charge is 0.326 e. The van der Waals surface area contributed by atoms with Crippen LogP contribution in [0.25, 0.3) is 0 Å². The van der Waals surface area contributed by atoms with Crippen LogP contribution in [0.4, 0.5) is 4.39 Å². The molecule has 0 radical (unpaired) electrons. The van der Waals surface area contributed by atoms with E-state index in [9.17, 15) is 19.1 Å². The topological polar surface area (TPSA) is 64.1 Å². The Bertz CT molecular complexity index is 608. The molecular formula is C17H24FN3O3. The number of carbonyl (C=O) groups excluding carboxylic acids is 1. The van der Waals surface area contributed by atoms with Crippen molar-refractivity contribution in [2.24, 2.45) is 0 Å². The molecule has 2 rings (SSSR count). The number of benzene rings is 1. The van der Waals surface area contributed by atoms with Gasteiger partial charge in [-0.05, 0) is 33.6 Å². The number of carboxylic acid groups (broad SMARTS) is 1. The van der Waals surface area contributed by atoms with Gasteiger partial charge >= 0.3 is 5.97 Å². The fourth-order valence-electron chi connectivity index (χ4n) is 2.99. The maximum absolute atomic E-state index is 13.7. The summed E-state index contributed by atoms with van der Waals surface area (Å²) in [5, 5.41) is 9.36. The molecule has 0 saturated carbocycles. The van der Waals surface area contributed by atoms with Crippen LogP contribution in [0.5, 0.6) is 0 Å². The monoisotopic (exact) mass is 337 g/mol. The van der Waals surface area contributed by atoms with Crippen LogP contribution in [-0.2, 0) is 16.1 Å². The molecule has 7 heteroatoms. The maximum Gasteiger partial charge on any atom is 0.326 e. The summed E-state index contributed by atoms with van der Waals surface area (Å²) in [6, 6.07) is 5.66. The molecule has 1 aromatic rings. The van der Waals surface area contributed by atoms with Crippen molar-refractivity contribution in [3.8, 4) is 0 Å². The van der Waals surface area contributed by atoms with Crippen LogP contribution in [-0.4, -0.2) is 78.0 Å². The van der Waals surface area contributed by atoms with Gasteiger partial charge in [0.05, 0.1) is 6.54 Å². The number of likely N-dealkylation sites (tertiary alicyclic amines) is 1. The summed E-state index contributed by atoms with van der Waals surface area (Å²) in [5.41, 5.74) is 0.509. The summed E-state index contributed by atoms with van der Waals surface area (Å²) < 4.78 is 13.7. The van der Waals surface area contributed by atoms with E-state index in [4.69, 9.17) is 0 Å². The predicted molar refractivity (Wildman–Crippen MR) is 88.0 cm³/mol. The lowest BCUT2D eigenvalue weighted by atomic mass is 10.1. The summed E-state index contributed by atoms with van der Waals surface area (Å²) in [4.78, 5) is 29.0. The molecule has 0 aromatic heterocycles. The molecule has 1 N–H and O–H groups in total. The first-order chi connectivity index (χ1) is 11.3. The van der Waals surface area contributed by atoms with E-state index < -0.39 is 12.0 Å². The van der Waals surface area contributed by atoms with Crippen molar-refractivity contribution < 1.29 is 19.1 Å². The van der Waals surface area contributed by atoms with Gasteiger partial charge in [-0.3, -0.25) is 9.69 Å². The van der Waals surface area contributed by atoms with E-state index in [1.807, 2.05) is 19.0 Å². The van der Waals surface area contributed by atoms with E-state index in [0.29, 0.717) is 25.1 Å². The first-order valence-electron chi connectivity index (χ1n) is 7.90. The molecule has 24 heavy (non-hydrogen) atoms. The average Bonchev–Trinajstić information content (AvgIpc) is 2.95. The number of carbonyl (C=O) groups is 2. The van der Waals surface area contributed by atoms with E-state index in [1.165, 1.54) is 11.0 Å². The van der Waals surface area contributed by atoms with Crippen molar-refractivity contribution in [3.05, 3.63) is 35.6 Å². The zero-order valence-corrected chi connectivity index (χ0v) is 14.3. The molecule has 132 valence electrons. The molecule has 0 bridgehead atoms. The minimum atomic E-state index is -0.982. The van der Waals surface area contributed by atoms with Gasteiger partial charge in [0.25, 0.3) is 0 Å². The van der Waals surface area contributed by atoms with Crippen molar-refractivity contribution in [2.45, 2.75) is 25.0 Å². The molecule has 0 spiro atoms. The number of likely N-dealkylation sites (N-methyl/N-ethyl adjacent to an activating group) is 2. The number of hydrogen-bond acceptors (Lipinski definition) is 4. The Labute approximate surface area is 141 Å². The maximum atomic E-state index is 13.7. The lowest BCUT2D eigenvalue weighted by Crippen LogP contribution is -2.45. The van der Waals surface area contributed by atoms with Gasteiger partial charge in [-0.1, -0.05) is 18.2 Å². The number of aliphatic carboxylic acids is 1. The van der Waals surface area contributed by atoms with E-state index in [-0.39, 0.29) is 24.3 Å². The number of rotatable bonds is 6. The van der Waals surface area contributed by atoms with Gasteiger partial charge in [0.1, 0.15) is 11.9 Å². The highest BCUT2D eigenvalue weighted by molar-refractivity contribution is 5.85. The second-order valence-electron chi connectivity index (χ2n) is 6.52. The van der Waals surface area contributed by atoms with Crippen LogP contribution in [0.15, 0.2) is 24.3 Å². The molecular weight excluding hydrogens is 313 g/mol. The summed E-state index contributed by atoms with van der Waals surface area (Å²) in [6.07, 6.45) is 0.422. The van der Waals surface area contributed by atoms with Gasteiger partial charge < -0.3 is 14.9 Å². The normalized spacial score (nSPS) is 20.8. The van der Waals surface area contributed by atoms with Crippen LogP contribution in [0, 0.1) is 5.82 Å². The zero-order valence-electron chi connectivity index (χ0n) is 14.3. The van der Waals surface area contributed by atoms with E-state index in [0.717, 1.165) is 0 Å². The van der Waals surface area contributed by atoms with Gasteiger partial charge in [0, 0.05) is 24.7 Å². The van der Waals surface area contributed by atoms with Crippen LogP contribution >= 0.6 is 0 Å². The van der Waals surface area contributed by atoms with E-state index >= 15 is 0 Å². The molecule has 6 nitrogen and oxygen atoms in total. The lowest BCUT2D eigenvalue weighted by Gasteiger charge is -2.25. The summed E-state index contributed by atoms with van der Waals surface area (Å²) >= 11 is 0. The number of amides is 1. The van der Waals surface area contributed by atoms with Gasteiger partial charge in [0.2, 0.25) is 5.91 Å². The van der Waals surface area contributed by atoms with Crippen LogP contribution < -0.4 is 0 Å². The van der Waals surface area contributed by atoms with Crippen molar-refractivity contribution in [1.29, 1.82) is 0 Å². The van der Waals surface area contributed by atoms with E-state index in [2.05, 4.69) is 0 Å². The Morgan fingerprint density at radius 1 is 1.29 bits per heavy atom. The fraction of sp³-hybridized carbons (Fsp3) is 0.529. The zero-order chi connectivity index (χ0) is 17.9. The predicted octanol–water partition coefficient (Wildman–Crippen LogP) is 0.873. The minimum absolute atomic E-state index is 0.0342. The molecule has 1 aromatic carbocycles. The largest absolute Gasteiger partial charge is 0.480 e. The van der Waals surface area contributed by atoms with Crippen LogP contribution in [0.1, 0.15) is 12.0 Å². The second kappa shape index (κ2) is 7.72. The van der Waals surface area contributed by atoms with Crippen molar-refractivity contribution in [2.75, 3.05) is 34.2 Å². The number of nitrogens with zero attached hydrogens (tertiary/aromatic N) is 3. The van der Waals surface area contributed by atoms with Crippen LogP contribution in [0.3, 0.4) is 0 Å². The molecule has 1 heterocycles. The third kappa shape index (κ3) is 4.30. The fourth-order valence-corrected chi connectivity index (χ4v) is 2.99. The summed E-state index contributed by atoms with van der Waals surface area (Å²) in [5.74, 6) is -1.54. The first-order valence-corrected chi connectivity index (χ1v) is 7.90. The molecule has 2 atom stereocenters. The molecule has 1 fully saturated rings. The molecule has 0 unspecified atom stereocenters.